The number of rotatable bonds is 6. The van der Waals surface area contributed by atoms with Crippen LogP contribution in [-0.2, 0) is 17.8 Å². The highest BCUT2D eigenvalue weighted by Crippen LogP contribution is 2.24. The van der Waals surface area contributed by atoms with Crippen LogP contribution in [0.1, 0.15) is 5.69 Å². The molecular weight excluding hydrogens is 403 g/mol. The zero-order chi connectivity index (χ0) is 20.1. The van der Waals surface area contributed by atoms with E-state index in [-0.39, 0.29) is 12.1 Å². The minimum atomic E-state index is -0.432. The molecular formula is C19H18Cl2N4O3. The lowest BCUT2D eigenvalue weighted by atomic mass is 10.1. The number of carbonyl (C=O) groups excluding carboxylic acids is 1. The van der Waals surface area contributed by atoms with Crippen molar-refractivity contribution in [3.63, 3.8) is 0 Å². The summed E-state index contributed by atoms with van der Waals surface area (Å²) in [5.41, 5.74) is 0.891. The molecule has 0 unspecified atom stereocenters. The molecule has 3 rings (SSSR count). The van der Waals surface area contributed by atoms with E-state index in [1.807, 2.05) is 6.07 Å². The monoisotopic (exact) mass is 420 g/mol. The Morgan fingerprint density at radius 2 is 1.89 bits per heavy atom. The fraction of sp³-hybridized carbons (Fsp3) is 0.211. The number of hydrogen-bond acceptors (Lipinski definition) is 4. The molecule has 0 saturated carbocycles. The summed E-state index contributed by atoms with van der Waals surface area (Å²) in [6.45, 7) is 0.819. The number of nitrogens with one attached hydrogen (secondary N) is 2. The Morgan fingerprint density at radius 3 is 2.61 bits per heavy atom. The first-order valence-corrected chi connectivity index (χ1v) is 9.22. The predicted octanol–water partition coefficient (Wildman–Crippen LogP) is 3.67. The molecule has 9 heteroatoms. The third kappa shape index (κ3) is 4.62. The van der Waals surface area contributed by atoms with E-state index in [1.54, 1.807) is 43.5 Å². The van der Waals surface area contributed by atoms with Crippen molar-refractivity contribution in [2.45, 2.75) is 13.1 Å². The lowest BCUT2D eigenvalue weighted by Gasteiger charge is -2.12. The Balaban J connectivity index is 1.79. The number of anilines is 1. The summed E-state index contributed by atoms with van der Waals surface area (Å²) in [6.07, 6.45) is 0. The van der Waals surface area contributed by atoms with E-state index >= 15 is 0 Å². The summed E-state index contributed by atoms with van der Waals surface area (Å²) in [5, 5.41) is 11.8. The first-order valence-electron chi connectivity index (χ1n) is 8.47. The molecule has 3 aromatic rings. The molecule has 2 aromatic carbocycles. The van der Waals surface area contributed by atoms with E-state index in [1.165, 1.54) is 4.68 Å². The molecule has 1 heterocycles. The lowest BCUT2D eigenvalue weighted by molar-refractivity contribution is 0.181. The summed E-state index contributed by atoms with van der Waals surface area (Å²) < 4.78 is 6.38. The highest BCUT2D eigenvalue weighted by molar-refractivity contribution is 6.42. The van der Waals surface area contributed by atoms with Gasteiger partial charge in [0, 0.05) is 18.2 Å². The zero-order valence-electron chi connectivity index (χ0n) is 15.0. The van der Waals surface area contributed by atoms with E-state index in [4.69, 9.17) is 27.9 Å². The molecule has 0 bridgehead atoms. The summed E-state index contributed by atoms with van der Waals surface area (Å²) in [7, 11) is 1.56. The minimum absolute atomic E-state index is 0.140. The molecule has 0 atom stereocenters. The normalized spacial score (nSPS) is 10.8. The van der Waals surface area contributed by atoms with Crippen molar-refractivity contribution in [1.29, 1.82) is 0 Å². The maximum Gasteiger partial charge on any atom is 0.319 e. The van der Waals surface area contributed by atoms with Crippen LogP contribution in [0.5, 0.6) is 0 Å². The Bertz CT molecular complexity index is 1070. The van der Waals surface area contributed by atoms with Gasteiger partial charge in [-0.05, 0) is 24.3 Å². The van der Waals surface area contributed by atoms with Crippen LogP contribution in [0.25, 0.3) is 10.8 Å². The number of fused-ring (bicyclic) bond motifs is 1. The van der Waals surface area contributed by atoms with Crippen LogP contribution < -0.4 is 16.2 Å². The van der Waals surface area contributed by atoms with E-state index in [0.29, 0.717) is 45.4 Å². The van der Waals surface area contributed by atoms with E-state index in [9.17, 15) is 9.59 Å². The second kappa shape index (κ2) is 9.05. The van der Waals surface area contributed by atoms with Gasteiger partial charge in [0.25, 0.3) is 5.56 Å². The Kier molecular flexibility index (Phi) is 6.51. The molecule has 7 nitrogen and oxygen atoms in total. The molecule has 0 fully saturated rings. The molecule has 0 radical (unpaired) electrons. The number of halogens is 2. The first kappa shape index (κ1) is 20.1. The number of methoxy groups -OCH3 is 1. The highest BCUT2D eigenvalue weighted by Gasteiger charge is 2.12. The van der Waals surface area contributed by atoms with Crippen LogP contribution in [0.2, 0.25) is 10.0 Å². The number of aromatic nitrogens is 2. The fourth-order valence-corrected chi connectivity index (χ4v) is 2.98. The van der Waals surface area contributed by atoms with Crippen LogP contribution in [0.15, 0.2) is 47.3 Å². The number of amides is 2. The highest BCUT2D eigenvalue weighted by atomic mass is 35.5. The van der Waals surface area contributed by atoms with Crippen molar-refractivity contribution in [2.75, 3.05) is 19.0 Å². The van der Waals surface area contributed by atoms with Crippen LogP contribution in [-0.4, -0.2) is 29.5 Å². The number of hydrogen-bond donors (Lipinski definition) is 2. The van der Waals surface area contributed by atoms with E-state index < -0.39 is 6.03 Å². The molecule has 0 spiro atoms. The van der Waals surface area contributed by atoms with E-state index in [0.717, 1.165) is 0 Å². The van der Waals surface area contributed by atoms with Gasteiger partial charge in [0.1, 0.15) is 0 Å². The fourth-order valence-electron chi connectivity index (χ4n) is 2.68. The molecule has 28 heavy (non-hydrogen) atoms. The zero-order valence-corrected chi connectivity index (χ0v) is 16.5. The summed E-state index contributed by atoms with van der Waals surface area (Å²) in [5.74, 6) is 0. The van der Waals surface area contributed by atoms with Crippen molar-refractivity contribution in [1.82, 2.24) is 15.1 Å². The summed E-state index contributed by atoms with van der Waals surface area (Å²) >= 11 is 11.8. The number of carbonyl (C=O) groups is 1. The molecule has 0 aliphatic rings. The maximum absolute atomic E-state index is 12.5. The molecule has 146 valence electrons. The number of ether oxygens (including phenoxy) is 1. The van der Waals surface area contributed by atoms with Gasteiger partial charge in [-0.25, -0.2) is 9.48 Å². The lowest BCUT2D eigenvalue weighted by Crippen LogP contribution is -2.31. The van der Waals surface area contributed by atoms with Gasteiger partial charge in [0.2, 0.25) is 0 Å². The molecule has 0 aliphatic heterocycles. The third-order valence-corrected chi connectivity index (χ3v) is 4.78. The largest absolute Gasteiger partial charge is 0.383 e. The van der Waals surface area contributed by atoms with Gasteiger partial charge in [-0.3, -0.25) is 4.79 Å². The molecule has 1 aromatic heterocycles. The topological polar surface area (TPSA) is 85.2 Å². The van der Waals surface area contributed by atoms with Crippen LogP contribution >= 0.6 is 23.2 Å². The molecule has 2 N–H and O–H groups in total. The van der Waals surface area contributed by atoms with Crippen LogP contribution in [0.3, 0.4) is 0 Å². The van der Waals surface area contributed by atoms with E-state index in [2.05, 4.69) is 15.7 Å². The summed E-state index contributed by atoms with van der Waals surface area (Å²) in [4.78, 5) is 24.8. The molecule has 0 saturated heterocycles. The third-order valence-electron chi connectivity index (χ3n) is 4.05. The van der Waals surface area contributed by atoms with Gasteiger partial charge in [0.05, 0.1) is 40.8 Å². The van der Waals surface area contributed by atoms with Gasteiger partial charge < -0.3 is 15.4 Å². The second-order valence-corrected chi connectivity index (χ2v) is 6.76. The summed E-state index contributed by atoms with van der Waals surface area (Å²) in [6, 6.07) is 11.5. The SMILES string of the molecule is COCCn1nc(CNC(=O)Nc2ccc(Cl)c(Cl)c2)c2ccccc2c1=O. The number of benzene rings is 2. The van der Waals surface area contributed by atoms with Crippen molar-refractivity contribution in [2.24, 2.45) is 0 Å². The Hall–Kier alpha value is -2.61. The second-order valence-electron chi connectivity index (χ2n) is 5.95. The van der Waals surface area contributed by atoms with Crippen molar-refractivity contribution in [3.05, 3.63) is 68.6 Å². The number of urea groups is 1. The smallest absolute Gasteiger partial charge is 0.319 e. The molecule has 2 amide bonds. The average Bonchev–Trinajstić information content (AvgIpc) is 2.69. The van der Waals surface area contributed by atoms with Gasteiger partial charge in [-0.15, -0.1) is 0 Å². The van der Waals surface area contributed by atoms with Crippen molar-refractivity contribution < 1.29 is 9.53 Å². The average molecular weight is 421 g/mol. The van der Waals surface area contributed by atoms with Gasteiger partial charge in [-0.2, -0.15) is 5.10 Å². The Labute approximate surface area is 171 Å². The molecule has 0 aliphatic carbocycles. The maximum atomic E-state index is 12.5. The standard InChI is InChI=1S/C19H18Cl2N4O3/c1-28-9-8-25-18(26)14-5-3-2-4-13(14)17(24-25)11-22-19(27)23-12-6-7-15(20)16(21)10-12/h2-7,10H,8-9,11H2,1H3,(H2,22,23,27). The predicted molar refractivity (Wildman–Crippen MR) is 110 cm³/mol. The quantitative estimate of drug-likeness (QED) is 0.636. The minimum Gasteiger partial charge on any atom is -0.383 e. The number of nitrogens with zero attached hydrogens (tertiary/aromatic N) is 2. The van der Waals surface area contributed by atoms with Gasteiger partial charge >= 0.3 is 6.03 Å². The van der Waals surface area contributed by atoms with Gasteiger partial charge in [-0.1, -0.05) is 41.4 Å². The first-order chi connectivity index (χ1) is 13.5. The Morgan fingerprint density at radius 1 is 1.14 bits per heavy atom. The van der Waals surface area contributed by atoms with Crippen molar-refractivity contribution >= 4 is 45.7 Å². The van der Waals surface area contributed by atoms with Crippen LogP contribution in [0.4, 0.5) is 10.5 Å². The van der Waals surface area contributed by atoms with Crippen LogP contribution in [0, 0.1) is 0 Å². The van der Waals surface area contributed by atoms with Crippen molar-refractivity contribution in [3.8, 4) is 0 Å². The van der Waals surface area contributed by atoms with Gasteiger partial charge in [0.15, 0.2) is 0 Å².